The third kappa shape index (κ3) is 3.32. The van der Waals surface area contributed by atoms with Crippen molar-refractivity contribution < 1.29 is 14.8 Å². The first-order valence-corrected chi connectivity index (χ1v) is 6.53. The van der Waals surface area contributed by atoms with Gasteiger partial charge in [-0.2, -0.15) is 5.10 Å². The monoisotopic (exact) mass is 282 g/mol. The summed E-state index contributed by atoms with van der Waals surface area (Å²) in [5.41, 5.74) is -0.935. The van der Waals surface area contributed by atoms with Gasteiger partial charge in [-0.25, -0.2) is 0 Å². The van der Waals surface area contributed by atoms with E-state index in [0.29, 0.717) is 12.8 Å². The Balaban J connectivity index is 1.91. The first kappa shape index (κ1) is 14.4. The number of amides is 1. The smallest absolute Gasteiger partial charge is 0.307 e. The molecule has 1 aliphatic rings. The van der Waals surface area contributed by atoms with Gasteiger partial charge in [-0.05, 0) is 12.8 Å². The van der Waals surface area contributed by atoms with Crippen molar-refractivity contribution in [2.24, 2.45) is 0 Å². The predicted molar refractivity (Wildman–Crippen MR) is 69.9 cm³/mol. The number of aliphatic hydroxyl groups is 1. The molecule has 110 valence electrons. The van der Waals surface area contributed by atoms with Crippen molar-refractivity contribution in [2.75, 3.05) is 13.6 Å². The average molecular weight is 282 g/mol. The second-order valence-electron chi connectivity index (χ2n) is 5.33. The maximum absolute atomic E-state index is 12.0. The van der Waals surface area contributed by atoms with Crippen molar-refractivity contribution in [2.45, 2.75) is 37.8 Å². The number of hydrogen-bond donors (Lipinski definition) is 1. The molecule has 1 amide bonds. The van der Waals surface area contributed by atoms with E-state index in [-0.39, 0.29) is 24.7 Å². The van der Waals surface area contributed by atoms with Crippen LogP contribution in [0.2, 0.25) is 0 Å². The van der Waals surface area contributed by atoms with Crippen LogP contribution >= 0.6 is 0 Å². The summed E-state index contributed by atoms with van der Waals surface area (Å²) in [7, 11) is 1.62. The molecule has 0 spiro atoms. The van der Waals surface area contributed by atoms with Gasteiger partial charge < -0.3 is 10.0 Å². The quantitative estimate of drug-likeness (QED) is 0.628. The zero-order chi connectivity index (χ0) is 14.8. The fraction of sp³-hybridized carbons (Fsp3) is 0.667. The fourth-order valence-electron chi connectivity index (χ4n) is 2.51. The Hall–Kier alpha value is -1.96. The number of carbonyl (C=O) groups excluding carboxylic acids is 1. The number of rotatable bonds is 5. The molecule has 20 heavy (non-hydrogen) atoms. The molecular formula is C12H18N4O4. The highest BCUT2D eigenvalue weighted by Gasteiger charge is 2.33. The lowest BCUT2D eigenvalue weighted by atomic mass is 10.0. The van der Waals surface area contributed by atoms with Gasteiger partial charge in [0.25, 0.3) is 0 Å². The van der Waals surface area contributed by atoms with Gasteiger partial charge in [0.05, 0.1) is 10.5 Å². The number of carbonyl (C=O) groups is 1. The predicted octanol–water partition coefficient (Wildman–Crippen LogP) is 0.555. The van der Waals surface area contributed by atoms with Crippen LogP contribution in [0.25, 0.3) is 0 Å². The standard InChI is InChI=1S/C12H18N4O4/c1-14(9-12(18)4-2-3-5-12)11(17)8-15-7-10(6-13-15)16(19)20/h6-7,18H,2-5,8-9H2,1H3. The van der Waals surface area contributed by atoms with Crippen molar-refractivity contribution in [3.05, 3.63) is 22.5 Å². The van der Waals surface area contributed by atoms with E-state index in [4.69, 9.17) is 0 Å². The lowest BCUT2D eigenvalue weighted by molar-refractivity contribution is -0.385. The topological polar surface area (TPSA) is 102 Å². The number of aromatic nitrogens is 2. The molecule has 0 unspecified atom stereocenters. The molecule has 1 fully saturated rings. The van der Waals surface area contributed by atoms with E-state index in [1.807, 2.05) is 0 Å². The van der Waals surface area contributed by atoms with Crippen molar-refractivity contribution >= 4 is 11.6 Å². The van der Waals surface area contributed by atoms with Gasteiger partial charge in [-0.3, -0.25) is 19.6 Å². The second-order valence-corrected chi connectivity index (χ2v) is 5.33. The Morgan fingerprint density at radius 3 is 2.80 bits per heavy atom. The van der Waals surface area contributed by atoms with Gasteiger partial charge >= 0.3 is 5.69 Å². The van der Waals surface area contributed by atoms with Crippen LogP contribution in [-0.2, 0) is 11.3 Å². The molecular weight excluding hydrogens is 264 g/mol. The Kier molecular flexibility index (Phi) is 4.03. The van der Waals surface area contributed by atoms with Crippen molar-refractivity contribution in [1.29, 1.82) is 0 Å². The minimum Gasteiger partial charge on any atom is -0.388 e. The van der Waals surface area contributed by atoms with Crippen LogP contribution in [0.4, 0.5) is 5.69 Å². The number of likely N-dealkylation sites (N-methyl/N-ethyl adjacent to an activating group) is 1. The summed E-state index contributed by atoms with van der Waals surface area (Å²) in [6, 6.07) is 0. The molecule has 8 heteroatoms. The number of nitrogens with zero attached hydrogens (tertiary/aromatic N) is 4. The first-order valence-electron chi connectivity index (χ1n) is 6.53. The lowest BCUT2D eigenvalue weighted by Gasteiger charge is -2.28. The van der Waals surface area contributed by atoms with Crippen LogP contribution < -0.4 is 0 Å². The number of hydrogen-bond acceptors (Lipinski definition) is 5. The third-order valence-electron chi connectivity index (χ3n) is 3.62. The molecule has 1 aromatic rings. The van der Waals surface area contributed by atoms with E-state index in [1.54, 1.807) is 7.05 Å². The zero-order valence-electron chi connectivity index (χ0n) is 11.4. The van der Waals surface area contributed by atoms with Crippen molar-refractivity contribution in [3.63, 3.8) is 0 Å². The van der Waals surface area contributed by atoms with E-state index in [0.717, 1.165) is 19.0 Å². The van der Waals surface area contributed by atoms with E-state index in [1.165, 1.54) is 15.8 Å². The Labute approximate surface area is 116 Å². The Morgan fingerprint density at radius 1 is 1.60 bits per heavy atom. The van der Waals surface area contributed by atoms with Gasteiger partial charge in [0.15, 0.2) is 0 Å². The van der Waals surface area contributed by atoms with Gasteiger partial charge in [-0.15, -0.1) is 0 Å². The minimum atomic E-state index is -0.791. The molecule has 0 radical (unpaired) electrons. The molecule has 0 aromatic carbocycles. The van der Waals surface area contributed by atoms with E-state index in [9.17, 15) is 20.0 Å². The van der Waals surface area contributed by atoms with Crippen molar-refractivity contribution in [3.8, 4) is 0 Å². The Bertz CT molecular complexity index is 507. The SMILES string of the molecule is CN(CC1(O)CCCC1)C(=O)Cn1cc([N+](=O)[O-])cn1. The first-order chi connectivity index (χ1) is 9.39. The molecule has 1 aliphatic carbocycles. The largest absolute Gasteiger partial charge is 0.388 e. The van der Waals surface area contributed by atoms with Crippen LogP contribution in [0.1, 0.15) is 25.7 Å². The third-order valence-corrected chi connectivity index (χ3v) is 3.62. The van der Waals surface area contributed by atoms with Gasteiger partial charge in [-0.1, -0.05) is 12.8 Å². The summed E-state index contributed by atoms with van der Waals surface area (Å²) in [6.45, 7) is 0.218. The molecule has 8 nitrogen and oxygen atoms in total. The van der Waals surface area contributed by atoms with E-state index < -0.39 is 10.5 Å². The molecule has 1 N–H and O–H groups in total. The van der Waals surface area contributed by atoms with Crippen LogP contribution in [0.15, 0.2) is 12.4 Å². The molecule has 1 saturated carbocycles. The molecule has 0 saturated heterocycles. The van der Waals surface area contributed by atoms with Gasteiger partial charge in [0.1, 0.15) is 18.9 Å². The summed E-state index contributed by atoms with van der Waals surface area (Å²) in [5.74, 6) is -0.233. The summed E-state index contributed by atoms with van der Waals surface area (Å²) >= 11 is 0. The van der Waals surface area contributed by atoms with Crippen LogP contribution in [0.5, 0.6) is 0 Å². The molecule has 2 rings (SSSR count). The van der Waals surface area contributed by atoms with Crippen LogP contribution in [0.3, 0.4) is 0 Å². The molecule has 1 aromatic heterocycles. The highest BCUT2D eigenvalue weighted by Crippen LogP contribution is 2.29. The maximum atomic E-state index is 12.0. The van der Waals surface area contributed by atoms with Crippen LogP contribution in [0, 0.1) is 10.1 Å². The number of nitro groups is 1. The van der Waals surface area contributed by atoms with Gasteiger partial charge in [0, 0.05) is 13.6 Å². The summed E-state index contributed by atoms with van der Waals surface area (Å²) < 4.78 is 1.23. The second kappa shape index (κ2) is 5.58. The normalized spacial score (nSPS) is 17.1. The molecule has 0 atom stereocenters. The Morgan fingerprint density at radius 2 is 2.25 bits per heavy atom. The molecule has 0 bridgehead atoms. The summed E-state index contributed by atoms with van der Waals surface area (Å²) in [5, 5.41) is 24.6. The summed E-state index contributed by atoms with van der Waals surface area (Å²) in [4.78, 5) is 23.4. The fourth-order valence-corrected chi connectivity index (χ4v) is 2.51. The van der Waals surface area contributed by atoms with E-state index in [2.05, 4.69) is 5.10 Å². The highest BCUT2D eigenvalue weighted by molar-refractivity contribution is 5.75. The minimum absolute atomic E-state index is 0.0690. The van der Waals surface area contributed by atoms with E-state index >= 15 is 0 Å². The molecule has 0 aliphatic heterocycles. The van der Waals surface area contributed by atoms with Gasteiger partial charge in [0.2, 0.25) is 5.91 Å². The van der Waals surface area contributed by atoms with Crippen LogP contribution in [-0.4, -0.2) is 49.8 Å². The van der Waals surface area contributed by atoms with Crippen molar-refractivity contribution in [1.82, 2.24) is 14.7 Å². The molecule has 1 heterocycles. The zero-order valence-corrected chi connectivity index (χ0v) is 11.4. The summed E-state index contributed by atoms with van der Waals surface area (Å²) in [6.07, 6.45) is 5.69. The average Bonchev–Trinajstić information content (AvgIpc) is 2.98. The maximum Gasteiger partial charge on any atom is 0.307 e. The lowest BCUT2D eigenvalue weighted by Crippen LogP contribution is -2.43. The highest BCUT2D eigenvalue weighted by atomic mass is 16.6.